The highest BCUT2D eigenvalue weighted by atomic mass is 16.5. The van der Waals surface area contributed by atoms with Crippen molar-refractivity contribution in [3.63, 3.8) is 0 Å². The molecular formula is C25H28O5. The number of methoxy groups -OCH3 is 3. The molecule has 158 valence electrons. The van der Waals surface area contributed by atoms with Gasteiger partial charge in [-0.1, -0.05) is 17.9 Å². The van der Waals surface area contributed by atoms with Gasteiger partial charge in [0.25, 0.3) is 0 Å². The third-order valence-corrected chi connectivity index (χ3v) is 5.27. The first-order valence-corrected chi connectivity index (χ1v) is 10.2. The topological polar surface area (TPSA) is 54.0 Å². The summed E-state index contributed by atoms with van der Waals surface area (Å²) >= 11 is 0. The first-order chi connectivity index (χ1) is 14.6. The van der Waals surface area contributed by atoms with Crippen molar-refractivity contribution in [1.82, 2.24) is 0 Å². The van der Waals surface area contributed by atoms with Crippen LogP contribution < -0.4 is 14.2 Å². The zero-order chi connectivity index (χ0) is 21.3. The Balaban J connectivity index is 1.88. The molecule has 3 rings (SSSR count). The zero-order valence-corrected chi connectivity index (χ0v) is 17.8. The highest BCUT2D eigenvalue weighted by Gasteiger charge is 2.21. The van der Waals surface area contributed by atoms with E-state index in [0.717, 1.165) is 29.7 Å². The van der Waals surface area contributed by atoms with Gasteiger partial charge >= 0.3 is 5.97 Å². The molecule has 0 saturated heterocycles. The van der Waals surface area contributed by atoms with E-state index in [0.29, 0.717) is 11.5 Å². The Bertz CT molecular complexity index is 901. The largest absolute Gasteiger partial charge is 0.497 e. The van der Waals surface area contributed by atoms with Crippen LogP contribution in [0.4, 0.5) is 0 Å². The van der Waals surface area contributed by atoms with Crippen LogP contribution in [-0.2, 0) is 9.53 Å². The fourth-order valence-electron chi connectivity index (χ4n) is 3.53. The lowest BCUT2D eigenvalue weighted by molar-refractivity contribution is -0.140. The predicted molar refractivity (Wildman–Crippen MR) is 115 cm³/mol. The van der Waals surface area contributed by atoms with Crippen molar-refractivity contribution in [1.29, 1.82) is 0 Å². The first kappa shape index (κ1) is 21.6. The summed E-state index contributed by atoms with van der Waals surface area (Å²) in [7, 11) is 4.65. The van der Waals surface area contributed by atoms with Gasteiger partial charge in [-0.25, -0.2) is 0 Å². The number of benzene rings is 2. The lowest BCUT2D eigenvalue weighted by Gasteiger charge is -2.18. The monoisotopic (exact) mass is 408 g/mol. The van der Waals surface area contributed by atoms with Crippen LogP contribution in [0.25, 0.3) is 0 Å². The maximum absolute atomic E-state index is 12.0. The maximum Gasteiger partial charge on any atom is 0.307 e. The molecule has 1 aliphatic carbocycles. The van der Waals surface area contributed by atoms with E-state index in [2.05, 4.69) is 11.8 Å². The summed E-state index contributed by atoms with van der Waals surface area (Å²) in [5, 5.41) is 0. The van der Waals surface area contributed by atoms with Gasteiger partial charge in [-0.2, -0.15) is 0 Å². The molecule has 30 heavy (non-hydrogen) atoms. The Morgan fingerprint density at radius 1 is 1.00 bits per heavy atom. The van der Waals surface area contributed by atoms with Crippen LogP contribution in [0.1, 0.15) is 49.1 Å². The van der Waals surface area contributed by atoms with E-state index in [1.165, 1.54) is 20.0 Å². The molecule has 0 aliphatic heterocycles. The summed E-state index contributed by atoms with van der Waals surface area (Å²) in [6.45, 7) is 0. The molecule has 5 nitrogen and oxygen atoms in total. The molecule has 1 aliphatic rings. The van der Waals surface area contributed by atoms with E-state index in [1.54, 1.807) is 14.2 Å². The fourth-order valence-corrected chi connectivity index (χ4v) is 3.53. The second kappa shape index (κ2) is 10.6. The molecule has 0 bridgehead atoms. The van der Waals surface area contributed by atoms with Crippen LogP contribution in [0.2, 0.25) is 0 Å². The fraction of sp³-hybridized carbons (Fsp3) is 0.400. The number of rotatable bonds is 7. The third kappa shape index (κ3) is 5.70. The van der Waals surface area contributed by atoms with Crippen LogP contribution in [0, 0.1) is 11.8 Å². The smallest absolute Gasteiger partial charge is 0.307 e. The zero-order valence-electron chi connectivity index (χ0n) is 17.8. The number of ether oxygens (including phenoxy) is 4. The van der Waals surface area contributed by atoms with E-state index in [-0.39, 0.29) is 24.4 Å². The highest BCUT2D eigenvalue weighted by molar-refractivity contribution is 5.71. The quantitative estimate of drug-likeness (QED) is 0.490. The maximum atomic E-state index is 12.0. The SMILES string of the molecule is COC(=O)C[C@H](C#Cc1ccc(OC)cc1)c1ccc(OC)c(OC2CCCC2)c1. The van der Waals surface area contributed by atoms with E-state index >= 15 is 0 Å². The van der Waals surface area contributed by atoms with Crippen LogP contribution in [-0.4, -0.2) is 33.4 Å². The van der Waals surface area contributed by atoms with Crippen LogP contribution in [0.15, 0.2) is 42.5 Å². The average molecular weight is 408 g/mol. The Kier molecular flexibility index (Phi) is 7.62. The van der Waals surface area contributed by atoms with Gasteiger partial charge in [0.05, 0.1) is 39.8 Å². The molecule has 2 aromatic rings. The number of hydrogen-bond donors (Lipinski definition) is 0. The second-order valence-corrected chi connectivity index (χ2v) is 7.27. The lowest BCUT2D eigenvalue weighted by Crippen LogP contribution is -2.12. The summed E-state index contributed by atoms with van der Waals surface area (Å²) in [6.07, 6.45) is 4.84. The Morgan fingerprint density at radius 3 is 2.37 bits per heavy atom. The van der Waals surface area contributed by atoms with Gasteiger partial charge in [0.1, 0.15) is 5.75 Å². The number of carbonyl (C=O) groups excluding carboxylic acids is 1. The molecule has 0 spiro atoms. The highest BCUT2D eigenvalue weighted by Crippen LogP contribution is 2.35. The third-order valence-electron chi connectivity index (χ3n) is 5.27. The van der Waals surface area contributed by atoms with E-state index in [1.807, 2.05) is 42.5 Å². The van der Waals surface area contributed by atoms with Gasteiger partial charge in [-0.05, 0) is 67.6 Å². The summed E-state index contributed by atoms with van der Waals surface area (Å²) in [4.78, 5) is 12.0. The first-order valence-electron chi connectivity index (χ1n) is 10.2. The van der Waals surface area contributed by atoms with E-state index in [9.17, 15) is 4.79 Å². The summed E-state index contributed by atoms with van der Waals surface area (Å²) < 4.78 is 21.8. The summed E-state index contributed by atoms with van der Waals surface area (Å²) in [5.74, 6) is 7.91. The van der Waals surface area contributed by atoms with Crippen molar-refractivity contribution in [3.05, 3.63) is 53.6 Å². The molecule has 1 fully saturated rings. The van der Waals surface area contributed by atoms with Gasteiger partial charge in [0.15, 0.2) is 11.5 Å². The van der Waals surface area contributed by atoms with Crippen molar-refractivity contribution in [2.45, 2.75) is 44.1 Å². The van der Waals surface area contributed by atoms with Crippen molar-refractivity contribution >= 4 is 5.97 Å². The van der Waals surface area contributed by atoms with E-state index in [4.69, 9.17) is 18.9 Å². The molecule has 2 aromatic carbocycles. The molecule has 0 radical (unpaired) electrons. The van der Waals surface area contributed by atoms with Gasteiger partial charge in [0, 0.05) is 5.56 Å². The Morgan fingerprint density at radius 2 is 1.73 bits per heavy atom. The van der Waals surface area contributed by atoms with Crippen molar-refractivity contribution in [2.75, 3.05) is 21.3 Å². The Labute approximate surface area is 178 Å². The molecule has 0 unspecified atom stereocenters. The number of carbonyl (C=O) groups is 1. The van der Waals surface area contributed by atoms with Crippen molar-refractivity contribution in [2.24, 2.45) is 0 Å². The van der Waals surface area contributed by atoms with Crippen LogP contribution >= 0.6 is 0 Å². The van der Waals surface area contributed by atoms with Gasteiger partial charge in [0.2, 0.25) is 0 Å². The predicted octanol–water partition coefficient (Wildman–Crippen LogP) is 4.72. The van der Waals surface area contributed by atoms with Gasteiger partial charge in [-0.15, -0.1) is 0 Å². The molecule has 1 atom stereocenters. The number of esters is 1. The molecule has 0 amide bonds. The van der Waals surface area contributed by atoms with Crippen molar-refractivity contribution in [3.8, 4) is 29.1 Å². The molecule has 0 aromatic heterocycles. The molecule has 5 heteroatoms. The van der Waals surface area contributed by atoms with Gasteiger partial charge in [-0.3, -0.25) is 4.79 Å². The minimum Gasteiger partial charge on any atom is -0.497 e. The van der Waals surface area contributed by atoms with Crippen LogP contribution in [0.3, 0.4) is 0 Å². The second-order valence-electron chi connectivity index (χ2n) is 7.27. The average Bonchev–Trinajstić information content (AvgIpc) is 3.29. The molecule has 1 saturated carbocycles. The molecular weight excluding hydrogens is 380 g/mol. The Hall–Kier alpha value is -3.13. The lowest BCUT2D eigenvalue weighted by atomic mass is 9.95. The molecule has 0 heterocycles. The van der Waals surface area contributed by atoms with E-state index < -0.39 is 0 Å². The summed E-state index contributed by atoms with van der Waals surface area (Å²) in [5.41, 5.74) is 1.75. The summed E-state index contributed by atoms with van der Waals surface area (Å²) in [6, 6.07) is 13.2. The van der Waals surface area contributed by atoms with Crippen molar-refractivity contribution < 1.29 is 23.7 Å². The minimum absolute atomic E-state index is 0.162. The number of hydrogen-bond acceptors (Lipinski definition) is 5. The normalized spacial score (nSPS) is 14.4. The molecule has 0 N–H and O–H groups in total. The minimum atomic E-state index is -0.323. The standard InChI is InChI=1S/C25H28O5/c1-27-21-13-9-18(10-14-21)8-11-20(17-25(26)29-3)19-12-15-23(28-2)24(16-19)30-22-6-4-5-7-22/h9-10,12-16,20,22H,4-7,17H2,1-3H3/t20-/m0/s1. The van der Waals surface area contributed by atoms with Crippen LogP contribution in [0.5, 0.6) is 17.2 Å². The van der Waals surface area contributed by atoms with Gasteiger partial charge < -0.3 is 18.9 Å².